The summed E-state index contributed by atoms with van der Waals surface area (Å²) in [4.78, 5) is 28.1. The number of hydrogen-bond donors (Lipinski definition) is 2. The minimum Gasteiger partial charge on any atom is -0.439 e. The molecular weight excluding hydrogens is 385 g/mol. The van der Waals surface area contributed by atoms with Gasteiger partial charge in [-0.2, -0.15) is 0 Å². The molecule has 0 spiro atoms. The second-order valence-electron chi connectivity index (χ2n) is 5.65. The van der Waals surface area contributed by atoms with Crippen molar-refractivity contribution in [3.8, 4) is 11.6 Å². The molecule has 2 amide bonds. The molecule has 3 aromatic rings. The number of nitrogens with zero attached hydrogens (tertiary/aromatic N) is 1. The van der Waals surface area contributed by atoms with Gasteiger partial charge in [0.15, 0.2) is 0 Å². The summed E-state index contributed by atoms with van der Waals surface area (Å²) in [7, 11) is 0. The number of nitrogens with one attached hydrogen (secondary N) is 2. The Labute approximate surface area is 165 Å². The summed E-state index contributed by atoms with van der Waals surface area (Å²) in [5.41, 5.74) is 0.726. The quantitative estimate of drug-likeness (QED) is 0.655. The zero-order valence-electron chi connectivity index (χ0n) is 14.5. The summed E-state index contributed by atoms with van der Waals surface area (Å²) in [6.45, 7) is -0.224. The van der Waals surface area contributed by atoms with Crippen molar-refractivity contribution in [2.45, 2.75) is 0 Å². The molecule has 6 nitrogen and oxygen atoms in total. The van der Waals surface area contributed by atoms with Gasteiger partial charge < -0.3 is 15.4 Å². The number of benzene rings is 2. The van der Waals surface area contributed by atoms with Gasteiger partial charge in [0.1, 0.15) is 11.6 Å². The molecule has 142 valence electrons. The second-order valence-corrected chi connectivity index (χ2v) is 6.06. The van der Waals surface area contributed by atoms with Crippen LogP contribution in [-0.4, -0.2) is 23.3 Å². The number of carbonyl (C=O) groups is 2. The van der Waals surface area contributed by atoms with Gasteiger partial charge in [-0.3, -0.25) is 9.59 Å². The van der Waals surface area contributed by atoms with E-state index in [4.69, 9.17) is 16.3 Å². The zero-order valence-corrected chi connectivity index (χ0v) is 15.2. The highest BCUT2D eigenvalue weighted by molar-refractivity contribution is 6.33. The number of pyridine rings is 1. The van der Waals surface area contributed by atoms with E-state index in [2.05, 4.69) is 15.6 Å². The first-order chi connectivity index (χ1) is 13.5. The number of carbonyl (C=O) groups excluding carboxylic acids is 2. The fourth-order valence-corrected chi connectivity index (χ4v) is 2.47. The standard InChI is InChI=1S/C20H15ClFN3O3/c21-17-4-2-1-3-16(17)20(27)24-12-18(26)25-14-7-10-19(23-11-14)28-15-8-5-13(22)6-9-15/h1-11H,12H2,(H,24,27)(H,25,26). The van der Waals surface area contributed by atoms with E-state index in [-0.39, 0.29) is 18.2 Å². The van der Waals surface area contributed by atoms with Gasteiger partial charge in [-0.05, 0) is 42.5 Å². The fraction of sp³-hybridized carbons (Fsp3) is 0.0500. The Hall–Kier alpha value is -3.45. The van der Waals surface area contributed by atoms with Crippen molar-refractivity contribution in [3.63, 3.8) is 0 Å². The van der Waals surface area contributed by atoms with E-state index in [1.807, 2.05) is 0 Å². The van der Waals surface area contributed by atoms with Crippen LogP contribution in [0.15, 0.2) is 66.9 Å². The first-order valence-corrected chi connectivity index (χ1v) is 8.61. The molecule has 0 aliphatic heterocycles. The Morgan fingerprint density at radius 3 is 2.46 bits per heavy atom. The third-order valence-corrected chi connectivity index (χ3v) is 3.91. The van der Waals surface area contributed by atoms with Crippen molar-refractivity contribution in [2.75, 3.05) is 11.9 Å². The van der Waals surface area contributed by atoms with Gasteiger partial charge >= 0.3 is 0 Å². The third-order valence-electron chi connectivity index (χ3n) is 3.58. The van der Waals surface area contributed by atoms with Crippen LogP contribution in [0.5, 0.6) is 11.6 Å². The molecule has 0 bridgehead atoms. The van der Waals surface area contributed by atoms with Crippen LogP contribution in [0, 0.1) is 5.82 Å². The minimum absolute atomic E-state index is 0.224. The SMILES string of the molecule is O=C(CNC(=O)c1ccccc1Cl)Nc1ccc(Oc2ccc(F)cc2)nc1. The first-order valence-electron chi connectivity index (χ1n) is 8.23. The molecule has 0 atom stereocenters. The van der Waals surface area contributed by atoms with Gasteiger partial charge in [0, 0.05) is 6.07 Å². The number of rotatable bonds is 6. The Morgan fingerprint density at radius 1 is 1.04 bits per heavy atom. The summed E-state index contributed by atoms with van der Waals surface area (Å²) >= 11 is 5.94. The largest absolute Gasteiger partial charge is 0.439 e. The number of hydrogen-bond acceptors (Lipinski definition) is 4. The summed E-state index contributed by atoms with van der Waals surface area (Å²) < 4.78 is 18.4. The van der Waals surface area contributed by atoms with Crippen LogP contribution >= 0.6 is 11.6 Å². The average molecular weight is 400 g/mol. The normalized spacial score (nSPS) is 10.2. The van der Waals surface area contributed by atoms with Gasteiger partial charge in [0.2, 0.25) is 11.8 Å². The maximum atomic E-state index is 12.9. The van der Waals surface area contributed by atoms with Crippen LogP contribution < -0.4 is 15.4 Å². The lowest BCUT2D eigenvalue weighted by atomic mass is 10.2. The molecule has 1 heterocycles. The molecule has 2 aromatic carbocycles. The number of ether oxygens (including phenoxy) is 1. The summed E-state index contributed by atoms with van der Waals surface area (Å²) in [5.74, 6) is -0.499. The summed E-state index contributed by atoms with van der Waals surface area (Å²) in [6, 6.07) is 15.2. The van der Waals surface area contributed by atoms with Crippen molar-refractivity contribution in [3.05, 3.63) is 83.3 Å². The fourth-order valence-electron chi connectivity index (χ4n) is 2.24. The van der Waals surface area contributed by atoms with E-state index < -0.39 is 11.8 Å². The molecule has 2 N–H and O–H groups in total. The molecular formula is C20H15ClFN3O3. The average Bonchev–Trinajstić information content (AvgIpc) is 2.70. The van der Waals surface area contributed by atoms with Crippen LogP contribution in [0.1, 0.15) is 10.4 Å². The topological polar surface area (TPSA) is 80.3 Å². The predicted molar refractivity (Wildman–Crippen MR) is 103 cm³/mol. The van der Waals surface area contributed by atoms with Crippen molar-refractivity contribution >= 4 is 29.1 Å². The highest BCUT2D eigenvalue weighted by atomic mass is 35.5. The highest BCUT2D eigenvalue weighted by Gasteiger charge is 2.11. The van der Waals surface area contributed by atoms with Crippen LogP contribution in [0.25, 0.3) is 0 Å². The van der Waals surface area contributed by atoms with Crippen molar-refractivity contribution in [2.24, 2.45) is 0 Å². The van der Waals surface area contributed by atoms with E-state index in [1.165, 1.54) is 30.5 Å². The van der Waals surface area contributed by atoms with Gasteiger partial charge in [0.05, 0.1) is 29.0 Å². The maximum absolute atomic E-state index is 12.9. The lowest BCUT2D eigenvalue weighted by Crippen LogP contribution is -2.33. The zero-order chi connectivity index (χ0) is 19.9. The molecule has 0 radical (unpaired) electrons. The van der Waals surface area contributed by atoms with Crippen LogP contribution in [0.2, 0.25) is 5.02 Å². The van der Waals surface area contributed by atoms with Gasteiger partial charge in [-0.25, -0.2) is 9.37 Å². The van der Waals surface area contributed by atoms with Crippen molar-refractivity contribution in [1.29, 1.82) is 0 Å². The van der Waals surface area contributed by atoms with Gasteiger partial charge in [-0.1, -0.05) is 23.7 Å². The molecule has 0 saturated heterocycles. The monoisotopic (exact) mass is 399 g/mol. The van der Waals surface area contributed by atoms with Crippen LogP contribution in [0.4, 0.5) is 10.1 Å². The van der Waals surface area contributed by atoms with Crippen LogP contribution in [-0.2, 0) is 4.79 Å². The molecule has 28 heavy (non-hydrogen) atoms. The maximum Gasteiger partial charge on any atom is 0.253 e. The highest BCUT2D eigenvalue weighted by Crippen LogP contribution is 2.20. The van der Waals surface area contributed by atoms with E-state index in [0.717, 1.165) is 0 Å². The molecule has 0 aliphatic rings. The number of aromatic nitrogens is 1. The van der Waals surface area contributed by atoms with E-state index in [0.29, 0.717) is 22.0 Å². The summed E-state index contributed by atoms with van der Waals surface area (Å²) in [6.07, 6.45) is 1.41. The second kappa shape index (κ2) is 8.96. The van der Waals surface area contributed by atoms with Crippen molar-refractivity contribution in [1.82, 2.24) is 10.3 Å². The number of amides is 2. The summed E-state index contributed by atoms with van der Waals surface area (Å²) in [5, 5.41) is 5.41. The first kappa shape index (κ1) is 19.3. The molecule has 0 saturated carbocycles. The van der Waals surface area contributed by atoms with E-state index >= 15 is 0 Å². The molecule has 8 heteroatoms. The number of anilines is 1. The smallest absolute Gasteiger partial charge is 0.253 e. The van der Waals surface area contributed by atoms with Gasteiger partial charge in [0.25, 0.3) is 5.91 Å². The Kier molecular flexibility index (Phi) is 6.18. The molecule has 0 unspecified atom stereocenters. The molecule has 3 rings (SSSR count). The Morgan fingerprint density at radius 2 is 1.79 bits per heavy atom. The number of halogens is 2. The minimum atomic E-state index is -0.443. The van der Waals surface area contributed by atoms with Crippen LogP contribution in [0.3, 0.4) is 0 Å². The lowest BCUT2D eigenvalue weighted by Gasteiger charge is -2.09. The van der Waals surface area contributed by atoms with Crippen molar-refractivity contribution < 1.29 is 18.7 Å². The van der Waals surface area contributed by atoms with E-state index in [1.54, 1.807) is 36.4 Å². The van der Waals surface area contributed by atoms with E-state index in [9.17, 15) is 14.0 Å². The third kappa shape index (κ3) is 5.28. The lowest BCUT2D eigenvalue weighted by molar-refractivity contribution is -0.115. The molecule has 1 aromatic heterocycles. The molecule has 0 aliphatic carbocycles. The molecule has 0 fully saturated rings. The predicted octanol–water partition coefficient (Wildman–Crippen LogP) is 4.03. The Bertz CT molecular complexity index is 979. The van der Waals surface area contributed by atoms with Gasteiger partial charge in [-0.15, -0.1) is 0 Å². The Balaban J connectivity index is 1.51.